The van der Waals surface area contributed by atoms with Gasteiger partial charge in [0.2, 0.25) is 0 Å². The van der Waals surface area contributed by atoms with Crippen LogP contribution in [0.15, 0.2) is 25.3 Å². The standard InChI is InChI=1S/C8H12O3.C6H10O2/c1-2-8(9)11-6-7-4-3-5-10-7;1-4-6(7)8-5(2)3/h2,7H,1,3-6H2;4-5H,1H2,2-3H3. The summed E-state index contributed by atoms with van der Waals surface area (Å²) in [7, 11) is 0. The predicted molar refractivity (Wildman–Crippen MR) is 71.6 cm³/mol. The highest BCUT2D eigenvalue weighted by Gasteiger charge is 2.16. The summed E-state index contributed by atoms with van der Waals surface area (Å²) in [5.41, 5.74) is 0. The normalized spacial score (nSPS) is 17.1. The molecule has 5 nitrogen and oxygen atoms in total. The van der Waals surface area contributed by atoms with Gasteiger partial charge in [0.25, 0.3) is 0 Å². The second kappa shape index (κ2) is 10.3. The maximum Gasteiger partial charge on any atom is 0.330 e. The number of ether oxygens (including phenoxy) is 3. The fourth-order valence-electron chi connectivity index (χ4n) is 1.29. The molecule has 0 aromatic carbocycles. The Labute approximate surface area is 114 Å². The van der Waals surface area contributed by atoms with E-state index in [4.69, 9.17) is 9.47 Å². The summed E-state index contributed by atoms with van der Waals surface area (Å²) in [6.45, 7) is 11.3. The minimum absolute atomic E-state index is 0.0412. The Morgan fingerprint density at radius 2 is 1.95 bits per heavy atom. The van der Waals surface area contributed by atoms with E-state index in [1.807, 2.05) is 0 Å². The molecule has 1 heterocycles. The number of rotatable bonds is 5. The number of hydrogen-bond acceptors (Lipinski definition) is 5. The Morgan fingerprint density at radius 3 is 2.32 bits per heavy atom. The summed E-state index contributed by atoms with van der Waals surface area (Å²) < 4.78 is 14.7. The van der Waals surface area contributed by atoms with E-state index >= 15 is 0 Å². The molecule has 1 atom stereocenters. The lowest BCUT2D eigenvalue weighted by atomic mass is 10.2. The van der Waals surface area contributed by atoms with Crippen LogP contribution in [-0.4, -0.2) is 37.4 Å². The van der Waals surface area contributed by atoms with Crippen molar-refractivity contribution in [1.29, 1.82) is 0 Å². The van der Waals surface area contributed by atoms with Gasteiger partial charge in [0.1, 0.15) is 6.61 Å². The lowest BCUT2D eigenvalue weighted by Crippen LogP contribution is -2.16. The van der Waals surface area contributed by atoms with Crippen LogP contribution in [0, 0.1) is 0 Å². The highest BCUT2D eigenvalue weighted by Crippen LogP contribution is 2.11. The minimum Gasteiger partial charge on any atom is -0.460 e. The van der Waals surface area contributed by atoms with Crippen molar-refractivity contribution >= 4 is 11.9 Å². The molecule has 0 aromatic heterocycles. The number of hydrogen-bond donors (Lipinski definition) is 0. The predicted octanol–water partition coefficient (Wildman–Crippen LogP) is 2.02. The van der Waals surface area contributed by atoms with Gasteiger partial charge in [-0.05, 0) is 26.7 Å². The van der Waals surface area contributed by atoms with E-state index in [1.165, 1.54) is 0 Å². The molecule has 1 unspecified atom stereocenters. The van der Waals surface area contributed by atoms with Crippen LogP contribution < -0.4 is 0 Å². The maximum atomic E-state index is 10.6. The van der Waals surface area contributed by atoms with Crippen molar-refractivity contribution in [2.45, 2.75) is 38.9 Å². The largest absolute Gasteiger partial charge is 0.460 e. The fraction of sp³-hybridized carbons (Fsp3) is 0.571. The van der Waals surface area contributed by atoms with Gasteiger partial charge < -0.3 is 14.2 Å². The van der Waals surface area contributed by atoms with Crippen molar-refractivity contribution in [3.05, 3.63) is 25.3 Å². The van der Waals surface area contributed by atoms with Gasteiger partial charge in [-0.25, -0.2) is 9.59 Å². The fourth-order valence-corrected chi connectivity index (χ4v) is 1.29. The molecule has 1 aliphatic rings. The molecule has 0 N–H and O–H groups in total. The van der Waals surface area contributed by atoms with E-state index in [-0.39, 0.29) is 24.1 Å². The van der Waals surface area contributed by atoms with Crippen molar-refractivity contribution in [3.8, 4) is 0 Å². The van der Waals surface area contributed by atoms with Crippen LogP contribution in [0.25, 0.3) is 0 Å². The van der Waals surface area contributed by atoms with Gasteiger partial charge in [-0.15, -0.1) is 0 Å². The SMILES string of the molecule is C=CC(=O)OC(C)C.C=CC(=O)OCC1CCCO1. The molecule has 0 saturated carbocycles. The molecule has 0 amide bonds. The third-order valence-corrected chi connectivity index (χ3v) is 2.12. The summed E-state index contributed by atoms with van der Waals surface area (Å²) in [6.07, 6.45) is 4.44. The van der Waals surface area contributed by atoms with E-state index in [9.17, 15) is 9.59 Å². The maximum absolute atomic E-state index is 10.6. The van der Waals surface area contributed by atoms with Crippen molar-refractivity contribution in [2.24, 2.45) is 0 Å². The average Bonchev–Trinajstić information content (AvgIpc) is 2.88. The van der Waals surface area contributed by atoms with E-state index in [2.05, 4.69) is 17.9 Å². The van der Waals surface area contributed by atoms with Crippen LogP contribution in [0.5, 0.6) is 0 Å². The molecule has 0 bridgehead atoms. The monoisotopic (exact) mass is 270 g/mol. The second-order valence-electron chi connectivity index (χ2n) is 4.16. The lowest BCUT2D eigenvalue weighted by Gasteiger charge is -2.07. The number of esters is 2. The number of carbonyl (C=O) groups is 2. The Balaban J connectivity index is 0.000000362. The van der Waals surface area contributed by atoms with Crippen LogP contribution in [0.1, 0.15) is 26.7 Å². The zero-order valence-corrected chi connectivity index (χ0v) is 11.6. The first-order chi connectivity index (χ1) is 8.99. The van der Waals surface area contributed by atoms with Gasteiger partial charge in [0.05, 0.1) is 12.2 Å². The van der Waals surface area contributed by atoms with Crippen LogP contribution in [0.3, 0.4) is 0 Å². The summed E-state index contributed by atoms with van der Waals surface area (Å²) in [5, 5.41) is 0. The van der Waals surface area contributed by atoms with E-state index in [0.29, 0.717) is 6.61 Å². The summed E-state index contributed by atoms with van der Waals surface area (Å²) in [6, 6.07) is 0. The second-order valence-corrected chi connectivity index (χ2v) is 4.16. The Hall–Kier alpha value is -1.62. The van der Waals surface area contributed by atoms with Crippen LogP contribution in [-0.2, 0) is 23.8 Å². The van der Waals surface area contributed by atoms with Gasteiger partial charge in [0.15, 0.2) is 0 Å². The van der Waals surface area contributed by atoms with Gasteiger partial charge in [-0.2, -0.15) is 0 Å². The first-order valence-electron chi connectivity index (χ1n) is 6.23. The Bertz CT molecular complexity index is 303. The van der Waals surface area contributed by atoms with Crippen molar-refractivity contribution < 1.29 is 23.8 Å². The molecule has 0 aromatic rings. The molecule has 0 radical (unpaired) electrons. The van der Waals surface area contributed by atoms with Crippen LogP contribution >= 0.6 is 0 Å². The molecule has 0 spiro atoms. The summed E-state index contributed by atoms with van der Waals surface area (Å²) in [4.78, 5) is 20.9. The van der Waals surface area contributed by atoms with Gasteiger partial charge >= 0.3 is 11.9 Å². The zero-order chi connectivity index (χ0) is 14.7. The van der Waals surface area contributed by atoms with Crippen molar-refractivity contribution in [1.82, 2.24) is 0 Å². The molecule has 0 aliphatic carbocycles. The summed E-state index contributed by atoms with van der Waals surface area (Å²) in [5.74, 6) is -0.736. The molecule has 1 aliphatic heterocycles. The Morgan fingerprint density at radius 1 is 1.32 bits per heavy atom. The van der Waals surface area contributed by atoms with Gasteiger partial charge in [-0.3, -0.25) is 0 Å². The number of carbonyl (C=O) groups excluding carboxylic acids is 2. The summed E-state index contributed by atoms with van der Waals surface area (Å²) >= 11 is 0. The molecule has 108 valence electrons. The first kappa shape index (κ1) is 17.4. The quantitative estimate of drug-likeness (QED) is 0.565. The van der Waals surface area contributed by atoms with Crippen molar-refractivity contribution in [2.75, 3.05) is 13.2 Å². The molecule has 5 heteroatoms. The third kappa shape index (κ3) is 10.0. The molecule has 19 heavy (non-hydrogen) atoms. The minimum atomic E-state index is -0.375. The van der Waals surface area contributed by atoms with E-state index in [0.717, 1.165) is 31.6 Å². The smallest absolute Gasteiger partial charge is 0.330 e. The van der Waals surface area contributed by atoms with Crippen LogP contribution in [0.2, 0.25) is 0 Å². The first-order valence-corrected chi connectivity index (χ1v) is 6.23. The Kier molecular flexibility index (Phi) is 9.44. The third-order valence-electron chi connectivity index (χ3n) is 2.12. The van der Waals surface area contributed by atoms with Gasteiger partial charge in [0, 0.05) is 18.8 Å². The van der Waals surface area contributed by atoms with Crippen molar-refractivity contribution in [3.63, 3.8) is 0 Å². The van der Waals surface area contributed by atoms with E-state index in [1.54, 1.807) is 13.8 Å². The lowest BCUT2D eigenvalue weighted by molar-refractivity contribution is -0.142. The topological polar surface area (TPSA) is 61.8 Å². The highest BCUT2D eigenvalue weighted by molar-refractivity contribution is 5.81. The zero-order valence-electron chi connectivity index (χ0n) is 11.6. The van der Waals surface area contributed by atoms with Crippen LogP contribution in [0.4, 0.5) is 0 Å². The van der Waals surface area contributed by atoms with E-state index < -0.39 is 0 Å². The van der Waals surface area contributed by atoms with Gasteiger partial charge in [-0.1, -0.05) is 13.2 Å². The highest BCUT2D eigenvalue weighted by atomic mass is 16.6. The molecular formula is C14H22O5. The molecule has 1 fully saturated rings. The average molecular weight is 270 g/mol. The molecule has 1 rings (SSSR count). The molecule has 1 saturated heterocycles. The molecular weight excluding hydrogens is 248 g/mol.